The fourth-order valence-electron chi connectivity index (χ4n) is 3.32. The highest BCUT2D eigenvalue weighted by Gasteiger charge is 2.26. The highest BCUT2D eigenvalue weighted by molar-refractivity contribution is 5.81. The predicted molar refractivity (Wildman–Crippen MR) is 108 cm³/mol. The number of benzene rings is 1. The lowest BCUT2D eigenvalue weighted by Gasteiger charge is -2.25. The smallest absolute Gasteiger partial charge is 0.263 e. The van der Waals surface area contributed by atoms with Gasteiger partial charge in [-0.05, 0) is 43.4 Å². The van der Waals surface area contributed by atoms with E-state index >= 15 is 0 Å². The number of hydrogen-bond acceptors (Lipinski definition) is 3. The summed E-state index contributed by atoms with van der Waals surface area (Å²) in [7, 11) is 0. The van der Waals surface area contributed by atoms with Crippen LogP contribution in [0.5, 0.6) is 5.75 Å². The number of unbranched alkanes of at least 4 members (excludes halogenated alkanes) is 1. The van der Waals surface area contributed by atoms with E-state index in [9.17, 15) is 9.59 Å². The maximum absolute atomic E-state index is 12.8. The second-order valence-electron chi connectivity index (χ2n) is 7.65. The number of nitrogens with zero attached hydrogens (tertiary/aromatic N) is 2. The van der Waals surface area contributed by atoms with Crippen LogP contribution in [0.2, 0.25) is 0 Å². The number of rotatable bonds is 7. The van der Waals surface area contributed by atoms with E-state index in [-0.39, 0.29) is 11.8 Å². The average Bonchev–Trinajstić information content (AvgIpc) is 2.92. The fraction of sp³-hybridized carbons (Fsp3) is 0.636. The molecule has 1 aliphatic rings. The van der Waals surface area contributed by atoms with Gasteiger partial charge in [0.2, 0.25) is 5.91 Å². The van der Waals surface area contributed by atoms with Gasteiger partial charge >= 0.3 is 0 Å². The Labute approximate surface area is 163 Å². The first-order valence-electron chi connectivity index (χ1n) is 10.3. The van der Waals surface area contributed by atoms with Gasteiger partial charge < -0.3 is 14.5 Å². The summed E-state index contributed by atoms with van der Waals surface area (Å²) >= 11 is 0. The zero-order valence-electron chi connectivity index (χ0n) is 17.2. The monoisotopic (exact) mass is 374 g/mol. The third-order valence-corrected chi connectivity index (χ3v) is 5.11. The molecule has 5 heteroatoms. The van der Waals surface area contributed by atoms with Crippen molar-refractivity contribution in [1.82, 2.24) is 9.80 Å². The van der Waals surface area contributed by atoms with E-state index < -0.39 is 6.10 Å². The third-order valence-electron chi connectivity index (χ3n) is 5.11. The Bertz CT molecular complexity index is 612. The predicted octanol–water partition coefficient (Wildman–Crippen LogP) is 3.83. The third kappa shape index (κ3) is 6.26. The van der Waals surface area contributed by atoms with E-state index in [0.717, 1.165) is 25.8 Å². The lowest BCUT2D eigenvalue weighted by Crippen LogP contribution is -2.43. The van der Waals surface area contributed by atoms with Gasteiger partial charge in [-0.2, -0.15) is 0 Å². The second-order valence-corrected chi connectivity index (χ2v) is 7.65. The van der Waals surface area contributed by atoms with Gasteiger partial charge in [0.15, 0.2) is 6.10 Å². The summed E-state index contributed by atoms with van der Waals surface area (Å²) in [6.45, 7) is 10.8. The van der Waals surface area contributed by atoms with Crippen molar-refractivity contribution in [3.63, 3.8) is 0 Å². The van der Waals surface area contributed by atoms with Crippen LogP contribution < -0.4 is 4.74 Å². The first-order chi connectivity index (χ1) is 12.9. The Morgan fingerprint density at radius 2 is 1.63 bits per heavy atom. The highest BCUT2D eigenvalue weighted by Crippen LogP contribution is 2.20. The molecule has 1 aliphatic heterocycles. The average molecular weight is 375 g/mol. The van der Waals surface area contributed by atoms with Gasteiger partial charge in [0.1, 0.15) is 5.75 Å². The van der Waals surface area contributed by atoms with Crippen LogP contribution in [-0.4, -0.2) is 53.9 Å². The van der Waals surface area contributed by atoms with Gasteiger partial charge in [0.05, 0.1) is 0 Å². The molecule has 0 N–H and O–H groups in total. The normalized spacial score (nSPS) is 16.2. The molecule has 0 spiro atoms. The molecule has 1 unspecified atom stereocenters. The molecule has 1 aromatic rings. The Morgan fingerprint density at radius 1 is 1.00 bits per heavy atom. The van der Waals surface area contributed by atoms with Crippen LogP contribution in [0.4, 0.5) is 0 Å². The minimum atomic E-state index is -0.530. The van der Waals surface area contributed by atoms with Gasteiger partial charge in [0.25, 0.3) is 5.91 Å². The molecule has 1 saturated heterocycles. The molecular formula is C22H34N2O3. The zero-order chi connectivity index (χ0) is 19.8. The molecule has 0 saturated carbocycles. The first-order valence-corrected chi connectivity index (χ1v) is 10.3. The van der Waals surface area contributed by atoms with Crippen molar-refractivity contribution in [2.24, 2.45) is 0 Å². The van der Waals surface area contributed by atoms with Crippen molar-refractivity contribution in [2.75, 3.05) is 26.2 Å². The number of amides is 2. The Balaban J connectivity index is 1.87. The van der Waals surface area contributed by atoms with Crippen LogP contribution in [-0.2, 0) is 9.59 Å². The molecule has 0 bridgehead atoms. The van der Waals surface area contributed by atoms with Crippen LogP contribution >= 0.6 is 0 Å². The molecule has 2 rings (SSSR count). The molecule has 2 amide bonds. The van der Waals surface area contributed by atoms with Crippen molar-refractivity contribution < 1.29 is 14.3 Å². The largest absolute Gasteiger partial charge is 0.481 e. The minimum Gasteiger partial charge on any atom is -0.481 e. The lowest BCUT2D eigenvalue weighted by atomic mass is 10.0. The summed E-state index contributed by atoms with van der Waals surface area (Å²) in [5.74, 6) is 1.39. The minimum absolute atomic E-state index is 0.00852. The Morgan fingerprint density at radius 3 is 2.26 bits per heavy atom. The van der Waals surface area contributed by atoms with Crippen LogP contribution in [0, 0.1) is 0 Å². The maximum atomic E-state index is 12.8. The fourth-order valence-corrected chi connectivity index (χ4v) is 3.32. The van der Waals surface area contributed by atoms with Crippen molar-refractivity contribution >= 4 is 11.8 Å². The van der Waals surface area contributed by atoms with Crippen LogP contribution in [0.1, 0.15) is 64.9 Å². The quantitative estimate of drug-likeness (QED) is 0.729. The summed E-state index contributed by atoms with van der Waals surface area (Å²) in [4.78, 5) is 28.7. The number of hydrogen-bond donors (Lipinski definition) is 0. The van der Waals surface area contributed by atoms with Crippen molar-refractivity contribution in [2.45, 2.75) is 65.4 Å². The molecule has 150 valence electrons. The molecule has 1 heterocycles. The number of ether oxygens (including phenoxy) is 1. The molecular weight excluding hydrogens is 340 g/mol. The van der Waals surface area contributed by atoms with Gasteiger partial charge in [-0.1, -0.05) is 39.3 Å². The van der Waals surface area contributed by atoms with Crippen molar-refractivity contribution in [1.29, 1.82) is 0 Å². The van der Waals surface area contributed by atoms with Crippen molar-refractivity contribution in [3.05, 3.63) is 29.8 Å². The van der Waals surface area contributed by atoms with E-state index in [1.807, 2.05) is 34.1 Å². The number of carbonyl (C=O) groups excluding carboxylic acids is 2. The van der Waals surface area contributed by atoms with E-state index in [1.165, 1.54) is 5.56 Å². The summed E-state index contributed by atoms with van der Waals surface area (Å²) in [6, 6.07) is 7.94. The van der Waals surface area contributed by atoms with E-state index in [1.54, 1.807) is 6.92 Å². The zero-order valence-corrected chi connectivity index (χ0v) is 17.2. The summed E-state index contributed by atoms with van der Waals surface area (Å²) in [6.07, 6.45) is 2.85. The maximum Gasteiger partial charge on any atom is 0.263 e. The van der Waals surface area contributed by atoms with Crippen LogP contribution in [0.25, 0.3) is 0 Å². The molecule has 0 aromatic heterocycles. The molecule has 0 aliphatic carbocycles. The first kappa shape index (κ1) is 21.3. The Kier molecular flexibility index (Phi) is 8.14. The standard InChI is InChI=1S/C22H34N2O3/c1-5-6-8-21(25)23-13-7-14-24(16-15-23)22(26)18(4)27-20-11-9-19(10-12-20)17(2)3/h9-12,17-18H,5-8,13-16H2,1-4H3. The second kappa shape index (κ2) is 10.3. The van der Waals surface area contributed by atoms with E-state index in [0.29, 0.717) is 37.7 Å². The van der Waals surface area contributed by atoms with Crippen LogP contribution in [0.15, 0.2) is 24.3 Å². The van der Waals surface area contributed by atoms with Gasteiger partial charge in [-0.15, -0.1) is 0 Å². The van der Waals surface area contributed by atoms with E-state index in [2.05, 4.69) is 20.8 Å². The Hall–Kier alpha value is -2.04. The molecule has 1 fully saturated rings. The van der Waals surface area contributed by atoms with E-state index in [4.69, 9.17) is 4.74 Å². The highest BCUT2D eigenvalue weighted by atomic mass is 16.5. The van der Waals surface area contributed by atoms with Crippen molar-refractivity contribution in [3.8, 4) is 5.75 Å². The van der Waals surface area contributed by atoms with Gasteiger partial charge in [-0.3, -0.25) is 9.59 Å². The van der Waals surface area contributed by atoms with Gasteiger partial charge in [-0.25, -0.2) is 0 Å². The topological polar surface area (TPSA) is 49.9 Å². The van der Waals surface area contributed by atoms with Crippen LogP contribution in [0.3, 0.4) is 0 Å². The van der Waals surface area contributed by atoms with Gasteiger partial charge in [0, 0.05) is 32.6 Å². The molecule has 1 aromatic carbocycles. The SMILES string of the molecule is CCCCC(=O)N1CCCN(C(=O)C(C)Oc2ccc(C(C)C)cc2)CC1. The molecule has 0 radical (unpaired) electrons. The number of carbonyl (C=O) groups is 2. The lowest BCUT2D eigenvalue weighted by molar-refractivity contribution is -0.138. The summed E-state index contributed by atoms with van der Waals surface area (Å²) in [5, 5.41) is 0. The molecule has 27 heavy (non-hydrogen) atoms. The molecule has 1 atom stereocenters. The molecule has 5 nitrogen and oxygen atoms in total. The summed E-state index contributed by atoms with van der Waals surface area (Å²) in [5.41, 5.74) is 1.25. The summed E-state index contributed by atoms with van der Waals surface area (Å²) < 4.78 is 5.86.